The van der Waals surface area contributed by atoms with Gasteiger partial charge in [-0.25, -0.2) is 0 Å². The molecular weight excluding hydrogens is 354 g/mol. The first kappa shape index (κ1) is 18.5. The van der Waals surface area contributed by atoms with E-state index >= 15 is 0 Å². The normalized spacial score (nSPS) is 21.1. The van der Waals surface area contributed by atoms with E-state index in [0.29, 0.717) is 16.5 Å². The van der Waals surface area contributed by atoms with Gasteiger partial charge in [-0.3, -0.25) is 9.59 Å². The third-order valence-corrected chi connectivity index (χ3v) is 5.29. The Morgan fingerprint density at radius 2 is 2.00 bits per heavy atom. The van der Waals surface area contributed by atoms with Crippen molar-refractivity contribution in [1.29, 1.82) is 0 Å². The summed E-state index contributed by atoms with van der Waals surface area (Å²) in [5.41, 5.74) is 2.44. The fourth-order valence-corrected chi connectivity index (χ4v) is 3.79. The number of likely N-dealkylation sites (N-methyl/N-ethyl adjacent to an activating group) is 1. The van der Waals surface area contributed by atoms with Gasteiger partial charge in [-0.05, 0) is 38.5 Å². The summed E-state index contributed by atoms with van der Waals surface area (Å²) < 4.78 is 5.17. The molecule has 1 aliphatic heterocycles. The lowest BCUT2D eigenvalue weighted by Gasteiger charge is -2.27. The van der Waals surface area contributed by atoms with Crippen molar-refractivity contribution < 1.29 is 14.1 Å². The minimum atomic E-state index is -0.409. The van der Waals surface area contributed by atoms with Crippen molar-refractivity contribution in [2.75, 3.05) is 7.05 Å². The van der Waals surface area contributed by atoms with Gasteiger partial charge in [0.2, 0.25) is 11.8 Å². The molecule has 7 heteroatoms. The first-order valence-corrected chi connectivity index (χ1v) is 8.91. The van der Waals surface area contributed by atoms with E-state index in [2.05, 4.69) is 10.5 Å². The highest BCUT2D eigenvalue weighted by Gasteiger charge is 2.40. The number of benzene rings is 1. The number of hydrogen-bond acceptors (Lipinski definition) is 4. The maximum Gasteiger partial charge on any atom is 0.227 e. The Bertz CT molecular complexity index is 812. The highest BCUT2D eigenvalue weighted by Crippen LogP contribution is 2.33. The van der Waals surface area contributed by atoms with Crippen molar-refractivity contribution >= 4 is 23.4 Å². The molecule has 0 bridgehead atoms. The van der Waals surface area contributed by atoms with Gasteiger partial charge >= 0.3 is 0 Å². The highest BCUT2D eigenvalue weighted by atomic mass is 35.5. The number of aromatic nitrogens is 1. The first-order valence-electron chi connectivity index (χ1n) is 8.54. The van der Waals surface area contributed by atoms with Crippen LogP contribution in [-0.4, -0.2) is 35.0 Å². The molecule has 3 atom stereocenters. The standard InChI is InChI=1S/C19H22ClN3O3/c1-10(17-11(2)22-26-12(17)3)19(25)21-15-9-16(24)23(4)18(15)13-5-7-14(20)8-6-13/h5-8,10,15,18H,9H2,1-4H3,(H,21,25). The van der Waals surface area contributed by atoms with Crippen LogP contribution in [0.15, 0.2) is 28.8 Å². The average molecular weight is 376 g/mol. The second kappa shape index (κ2) is 7.11. The summed E-state index contributed by atoms with van der Waals surface area (Å²) in [7, 11) is 1.76. The van der Waals surface area contributed by atoms with E-state index < -0.39 is 5.92 Å². The van der Waals surface area contributed by atoms with Gasteiger partial charge in [-0.1, -0.05) is 28.9 Å². The summed E-state index contributed by atoms with van der Waals surface area (Å²) in [6, 6.07) is 6.83. The Kier molecular flexibility index (Phi) is 5.05. The maximum absolute atomic E-state index is 12.8. The highest BCUT2D eigenvalue weighted by molar-refractivity contribution is 6.30. The third-order valence-electron chi connectivity index (χ3n) is 5.04. The summed E-state index contributed by atoms with van der Waals surface area (Å²) in [4.78, 5) is 26.7. The molecule has 1 fully saturated rings. The number of carbonyl (C=O) groups is 2. The summed E-state index contributed by atoms with van der Waals surface area (Å²) >= 11 is 5.97. The fraction of sp³-hybridized carbons (Fsp3) is 0.421. The number of amides is 2. The van der Waals surface area contributed by atoms with Crippen LogP contribution in [0, 0.1) is 13.8 Å². The van der Waals surface area contributed by atoms with Crippen LogP contribution in [0.3, 0.4) is 0 Å². The van der Waals surface area contributed by atoms with Crippen LogP contribution in [0.2, 0.25) is 5.02 Å². The van der Waals surface area contributed by atoms with Crippen LogP contribution in [0.1, 0.15) is 47.9 Å². The molecule has 0 spiro atoms. The maximum atomic E-state index is 12.8. The topological polar surface area (TPSA) is 75.4 Å². The number of carbonyl (C=O) groups excluding carboxylic acids is 2. The number of aryl methyl sites for hydroxylation is 2. The van der Waals surface area contributed by atoms with E-state index in [4.69, 9.17) is 16.1 Å². The number of hydrogen-bond donors (Lipinski definition) is 1. The Hall–Kier alpha value is -2.34. The van der Waals surface area contributed by atoms with E-state index in [9.17, 15) is 9.59 Å². The van der Waals surface area contributed by atoms with E-state index in [-0.39, 0.29) is 30.3 Å². The molecule has 26 heavy (non-hydrogen) atoms. The molecular formula is C19H22ClN3O3. The van der Waals surface area contributed by atoms with Gasteiger partial charge in [-0.15, -0.1) is 0 Å². The Balaban J connectivity index is 1.81. The van der Waals surface area contributed by atoms with Gasteiger partial charge in [0.15, 0.2) is 0 Å². The molecule has 3 rings (SSSR count). The SMILES string of the molecule is Cc1noc(C)c1C(C)C(=O)NC1CC(=O)N(C)C1c1ccc(Cl)cc1. The van der Waals surface area contributed by atoms with Gasteiger partial charge in [0.25, 0.3) is 0 Å². The monoisotopic (exact) mass is 375 g/mol. The Labute approximate surface area is 157 Å². The number of nitrogens with zero attached hydrogens (tertiary/aromatic N) is 2. The molecule has 6 nitrogen and oxygen atoms in total. The molecule has 138 valence electrons. The number of halogens is 1. The van der Waals surface area contributed by atoms with Crippen molar-refractivity contribution in [2.24, 2.45) is 0 Å². The first-order chi connectivity index (χ1) is 12.3. The quantitative estimate of drug-likeness (QED) is 0.890. The van der Waals surface area contributed by atoms with Gasteiger partial charge in [0.1, 0.15) is 5.76 Å². The molecule has 0 saturated carbocycles. The summed E-state index contributed by atoms with van der Waals surface area (Å²) in [5.74, 6) is 0.0823. The van der Waals surface area contributed by atoms with E-state index in [1.807, 2.05) is 26.0 Å². The van der Waals surface area contributed by atoms with Crippen molar-refractivity contribution in [3.05, 3.63) is 51.9 Å². The van der Waals surface area contributed by atoms with E-state index in [0.717, 1.165) is 11.1 Å². The van der Waals surface area contributed by atoms with Crippen LogP contribution < -0.4 is 5.32 Å². The Morgan fingerprint density at radius 3 is 2.58 bits per heavy atom. The zero-order valence-corrected chi connectivity index (χ0v) is 16.0. The molecule has 3 unspecified atom stereocenters. The van der Waals surface area contributed by atoms with Gasteiger partial charge in [0, 0.05) is 24.1 Å². The van der Waals surface area contributed by atoms with Crippen molar-refractivity contribution in [1.82, 2.24) is 15.4 Å². The average Bonchev–Trinajstić information content (AvgIpc) is 3.07. The summed E-state index contributed by atoms with van der Waals surface area (Å²) in [5, 5.41) is 7.59. The van der Waals surface area contributed by atoms with Crippen LogP contribution in [-0.2, 0) is 9.59 Å². The number of nitrogens with one attached hydrogen (secondary N) is 1. The molecule has 1 aromatic heterocycles. The minimum absolute atomic E-state index is 0.000224. The third kappa shape index (κ3) is 3.33. The lowest BCUT2D eigenvalue weighted by atomic mass is 9.96. The second-order valence-corrected chi connectivity index (χ2v) is 7.22. The largest absolute Gasteiger partial charge is 0.361 e. The molecule has 0 aliphatic carbocycles. The molecule has 0 radical (unpaired) electrons. The van der Waals surface area contributed by atoms with Gasteiger partial charge < -0.3 is 14.7 Å². The minimum Gasteiger partial charge on any atom is -0.361 e. The predicted molar refractivity (Wildman–Crippen MR) is 97.9 cm³/mol. The van der Waals surface area contributed by atoms with Crippen LogP contribution in [0.25, 0.3) is 0 Å². The number of rotatable bonds is 4. The molecule has 1 aromatic carbocycles. The number of likely N-dealkylation sites (tertiary alicyclic amines) is 1. The summed E-state index contributed by atoms with van der Waals surface area (Å²) in [6.07, 6.45) is 0.268. The molecule has 1 N–H and O–H groups in total. The van der Waals surface area contributed by atoms with E-state index in [1.165, 1.54) is 0 Å². The molecule has 1 aliphatic rings. The smallest absolute Gasteiger partial charge is 0.227 e. The van der Waals surface area contributed by atoms with Crippen LogP contribution >= 0.6 is 11.6 Å². The zero-order valence-electron chi connectivity index (χ0n) is 15.2. The lowest BCUT2D eigenvalue weighted by Crippen LogP contribution is -2.41. The van der Waals surface area contributed by atoms with Crippen molar-refractivity contribution in [3.63, 3.8) is 0 Å². The zero-order chi connectivity index (χ0) is 19.0. The molecule has 2 heterocycles. The Morgan fingerprint density at radius 1 is 1.35 bits per heavy atom. The molecule has 2 amide bonds. The molecule has 2 aromatic rings. The lowest BCUT2D eigenvalue weighted by molar-refractivity contribution is -0.127. The van der Waals surface area contributed by atoms with Crippen molar-refractivity contribution in [2.45, 2.75) is 45.2 Å². The summed E-state index contributed by atoms with van der Waals surface area (Å²) in [6.45, 7) is 5.43. The predicted octanol–water partition coefficient (Wildman–Crippen LogP) is 3.14. The fourth-order valence-electron chi connectivity index (χ4n) is 3.66. The second-order valence-electron chi connectivity index (χ2n) is 6.78. The van der Waals surface area contributed by atoms with Crippen LogP contribution in [0.4, 0.5) is 0 Å². The van der Waals surface area contributed by atoms with E-state index in [1.54, 1.807) is 31.0 Å². The van der Waals surface area contributed by atoms with Crippen LogP contribution in [0.5, 0.6) is 0 Å². The molecule has 1 saturated heterocycles. The van der Waals surface area contributed by atoms with Gasteiger partial charge in [0.05, 0.1) is 23.7 Å². The van der Waals surface area contributed by atoms with Gasteiger partial charge in [-0.2, -0.15) is 0 Å². The van der Waals surface area contributed by atoms with Crippen molar-refractivity contribution in [3.8, 4) is 0 Å².